The van der Waals surface area contributed by atoms with E-state index in [0.717, 1.165) is 47.9 Å². The summed E-state index contributed by atoms with van der Waals surface area (Å²) in [5.41, 5.74) is 1.55. The average Bonchev–Trinajstić information content (AvgIpc) is 2.72. The first-order valence-electron chi connectivity index (χ1n) is 8.54. The fraction of sp³-hybridized carbons (Fsp3) is 0.0500. The van der Waals surface area contributed by atoms with E-state index in [1.165, 1.54) is 18.3 Å². The molecule has 0 radical (unpaired) electrons. The van der Waals surface area contributed by atoms with E-state index in [0.29, 0.717) is 6.07 Å². The van der Waals surface area contributed by atoms with Gasteiger partial charge in [0, 0.05) is 11.6 Å². The quantitative estimate of drug-likeness (QED) is 0.260. The third kappa shape index (κ3) is 5.53. The van der Waals surface area contributed by atoms with Crippen LogP contribution < -0.4 is 10.4 Å². The summed E-state index contributed by atoms with van der Waals surface area (Å²) in [5, 5.41) is 10.5. The van der Waals surface area contributed by atoms with Gasteiger partial charge >= 0.3 is 6.18 Å². The molecule has 3 rings (SSSR count). The molecule has 0 saturated heterocycles. The smallest absolute Gasteiger partial charge is 0.416 e. The number of amides is 1. The molecule has 11 heteroatoms. The maximum absolute atomic E-state index is 13.3. The fourth-order valence-electron chi connectivity index (χ4n) is 2.43. The van der Waals surface area contributed by atoms with Crippen molar-refractivity contribution in [3.8, 4) is 5.75 Å². The van der Waals surface area contributed by atoms with Gasteiger partial charge in [-0.1, -0.05) is 6.07 Å². The van der Waals surface area contributed by atoms with Crippen molar-refractivity contribution in [3.63, 3.8) is 0 Å². The Balaban J connectivity index is 1.94. The Morgan fingerprint density at radius 1 is 1.06 bits per heavy atom. The summed E-state index contributed by atoms with van der Waals surface area (Å²) in [4.78, 5) is 19.5. The van der Waals surface area contributed by atoms with Gasteiger partial charge in [-0.3, -0.25) is 15.2 Å². The molecule has 160 valence electrons. The Morgan fingerprint density at radius 3 is 2.52 bits per heavy atom. The number of carbonyl (C=O) groups excluding carboxylic acids is 1. The van der Waals surface area contributed by atoms with Gasteiger partial charge in [-0.2, -0.15) is 18.2 Å². The molecule has 2 aromatic carbocycles. The van der Waals surface area contributed by atoms with Gasteiger partial charge in [0.1, 0.15) is 12.1 Å². The second-order valence-corrected chi connectivity index (χ2v) is 6.14. The SMILES string of the molecule is O=C(/N=C\N(Nc1cncc(O)c1)c1cccc(C(F)(F)F)c1)c1ccc(F)c(F)c1. The lowest BCUT2D eigenvalue weighted by molar-refractivity contribution is -0.137. The van der Waals surface area contributed by atoms with Gasteiger partial charge in [0.25, 0.3) is 5.91 Å². The van der Waals surface area contributed by atoms with Gasteiger partial charge in [-0.05, 0) is 36.4 Å². The molecule has 0 unspecified atom stereocenters. The van der Waals surface area contributed by atoms with Crippen LogP contribution >= 0.6 is 0 Å². The third-order valence-corrected chi connectivity index (χ3v) is 3.88. The lowest BCUT2D eigenvalue weighted by atomic mass is 10.2. The number of nitrogens with zero attached hydrogens (tertiary/aromatic N) is 3. The molecule has 1 aromatic heterocycles. The van der Waals surface area contributed by atoms with Crippen LogP contribution in [0.4, 0.5) is 33.3 Å². The summed E-state index contributed by atoms with van der Waals surface area (Å²) in [5.74, 6) is -3.58. The number of nitrogens with one attached hydrogen (secondary N) is 1. The average molecular weight is 436 g/mol. The highest BCUT2D eigenvalue weighted by Crippen LogP contribution is 2.31. The second-order valence-electron chi connectivity index (χ2n) is 6.14. The number of halogens is 5. The third-order valence-electron chi connectivity index (χ3n) is 3.88. The zero-order valence-electron chi connectivity index (χ0n) is 15.4. The molecule has 31 heavy (non-hydrogen) atoms. The molecule has 0 fully saturated rings. The molecule has 6 nitrogen and oxygen atoms in total. The number of hydrogen-bond donors (Lipinski definition) is 2. The summed E-state index contributed by atoms with van der Waals surface area (Å²) in [7, 11) is 0. The van der Waals surface area contributed by atoms with Crippen molar-refractivity contribution in [2.75, 3.05) is 10.4 Å². The molecule has 0 atom stereocenters. The summed E-state index contributed by atoms with van der Waals surface area (Å²) in [6.45, 7) is 0. The molecule has 0 aliphatic rings. The number of rotatable bonds is 5. The second kappa shape index (κ2) is 8.78. The Morgan fingerprint density at radius 2 is 1.84 bits per heavy atom. The van der Waals surface area contributed by atoms with Crippen LogP contribution in [0.2, 0.25) is 0 Å². The van der Waals surface area contributed by atoms with E-state index < -0.39 is 29.3 Å². The Labute approximate surface area is 172 Å². The van der Waals surface area contributed by atoms with E-state index in [1.54, 1.807) is 0 Å². The van der Waals surface area contributed by atoms with Crippen molar-refractivity contribution in [1.29, 1.82) is 0 Å². The molecular weight excluding hydrogens is 423 g/mol. The van der Waals surface area contributed by atoms with Gasteiger partial charge < -0.3 is 5.11 Å². The maximum atomic E-state index is 13.3. The molecule has 1 amide bonds. The van der Waals surface area contributed by atoms with E-state index >= 15 is 0 Å². The highest BCUT2D eigenvalue weighted by molar-refractivity contribution is 6.01. The van der Waals surface area contributed by atoms with E-state index in [9.17, 15) is 31.9 Å². The number of pyridine rings is 1. The highest BCUT2D eigenvalue weighted by atomic mass is 19.4. The fourth-order valence-corrected chi connectivity index (χ4v) is 2.43. The van der Waals surface area contributed by atoms with Crippen molar-refractivity contribution in [2.45, 2.75) is 6.18 Å². The zero-order valence-corrected chi connectivity index (χ0v) is 15.4. The number of benzene rings is 2. The van der Waals surface area contributed by atoms with Crippen molar-refractivity contribution >= 4 is 23.6 Å². The first-order valence-corrected chi connectivity index (χ1v) is 8.54. The summed E-state index contributed by atoms with van der Waals surface area (Å²) in [6.07, 6.45) is -1.35. The molecule has 3 aromatic rings. The first kappa shape index (κ1) is 21.7. The Hall–Kier alpha value is -4.02. The number of hydrazine groups is 1. The van der Waals surface area contributed by atoms with E-state index in [4.69, 9.17) is 0 Å². The minimum Gasteiger partial charge on any atom is -0.506 e. The number of hydrogen-bond acceptors (Lipinski definition) is 4. The zero-order chi connectivity index (χ0) is 22.6. The maximum Gasteiger partial charge on any atom is 0.416 e. The minimum absolute atomic E-state index is 0.0556. The van der Waals surface area contributed by atoms with Gasteiger partial charge in [0.15, 0.2) is 11.6 Å². The summed E-state index contributed by atoms with van der Waals surface area (Å²) >= 11 is 0. The van der Waals surface area contributed by atoms with Crippen LogP contribution in [0.3, 0.4) is 0 Å². The van der Waals surface area contributed by atoms with E-state index in [1.807, 2.05) is 0 Å². The molecule has 2 N–H and O–H groups in total. The number of anilines is 2. The number of aromatic nitrogens is 1. The Kier molecular flexibility index (Phi) is 6.14. The Bertz CT molecular complexity index is 1130. The van der Waals surface area contributed by atoms with Gasteiger partial charge in [-0.15, -0.1) is 0 Å². The standard InChI is InChI=1S/C20H13F5N4O2/c21-17-5-4-12(6-18(17)22)19(31)27-11-29(28-14-8-16(30)10-26-9-14)15-3-1-2-13(7-15)20(23,24)25/h1-11,28,30H/b27-11-. The first-order chi connectivity index (χ1) is 14.6. The highest BCUT2D eigenvalue weighted by Gasteiger charge is 2.30. The van der Waals surface area contributed by atoms with Crippen LogP contribution in [-0.4, -0.2) is 22.3 Å². The predicted octanol–water partition coefficient (Wildman–Crippen LogP) is 4.79. The van der Waals surface area contributed by atoms with Crippen LogP contribution in [0.5, 0.6) is 5.75 Å². The number of carbonyl (C=O) groups is 1. The molecular formula is C20H13F5N4O2. The van der Waals surface area contributed by atoms with Crippen LogP contribution in [-0.2, 0) is 6.18 Å². The van der Waals surface area contributed by atoms with Crippen molar-refractivity contribution in [3.05, 3.63) is 83.7 Å². The van der Waals surface area contributed by atoms with Gasteiger partial charge in [-0.25, -0.2) is 13.8 Å². The lowest BCUT2D eigenvalue weighted by Gasteiger charge is -2.22. The van der Waals surface area contributed by atoms with Gasteiger partial charge in [0.05, 0.1) is 29.3 Å². The number of aliphatic imine (C=N–C) groups is 1. The number of aromatic hydroxyl groups is 1. The number of alkyl halides is 3. The topological polar surface area (TPSA) is 77.8 Å². The molecule has 0 saturated carbocycles. The molecule has 1 heterocycles. The normalized spacial score (nSPS) is 11.5. The molecule has 0 aliphatic carbocycles. The lowest BCUT2D eigenvalue weighted by Crippen LogP contribution is -2.29. The van der Waals surface area contributed by atoms with Crippen molar-refractivity contribution in [2.24, 2.45) is 4.99 Å². The van der Waals surface area contributed by atoms with Crippen LogP contribution in [0.1, 0.15) is 15.9 Å². The molecule has 0 aliphatic heterocycles. The van der Waals surface area contributed by atoms with Crippen LogP contribution in [0.25, 0.3) is 0 Å². The largest absolute Gasteiger partial charge is 0.506 e. The minimum atomic E-state index is -4.62. The van der Waals surface area contributed by atoms with E-state index in [-0.39, 0.29) is 22.7 Å². The van der Waals surface area contributed by atoms with Crippen molar-refractivity contribution in [1.82, 2.24) is 4.98 Å². The van der Waals surface area contributed by atoms with E-state index in [2.05, 4.69) is 15.4 Å². The van der Waals surface area contributed by atoms with Crippen molar-refractivity contribution < 1.29 is 31.9 Å². The van der Waals surface area contributed by atoms with Crippen LogP contribution in [0.15, 0.2) is 65.9 Å². The summed E-state index contributed by atoms with van der Waals surface area (Å²) < 4.78 is 65.6. The summed E-state index contributed by atoms with van der Waals surface area (Å²) in [6, 6.07) is 7.77. The molecule has 0 bridgehead atoms. The molecule has 0 spiro atoms. The monoisotopic (exact) mass is 436 g/mol. The predicted molar refractivity (Wildman–Crippen MR) is 103 cm³/mol. The van der Waals surface area contributed by atoms with Gasteiger partial charge in [0.2, 0.25) is 0 Å². The van der Waals surface area contributed by atoms with Crippen LogP contribution in [0, 0.1) is 11.6 Å².